The maximum Gasteiger partial charge on any atom is 0.270 e. The summed E-state index contributed by atoms with van der Waals surface area (Å²) in [7, 11) is 0. The predicted molar refractivity (Wildman–Crippen MR) is 115 cm³/mol. The molecule has 2 aromatic carbocycles. The molecule has 0 amide bonds. The van der Waals surface area contributed by atoms with Crippen molar-refractivity contribution < 1.29 is 9.34 Å². The van der Waals surface area contributed by atoms with Crippen LogP contribution in [0, 0.1) is 10.1 Å². The van der Waals surface area contributed by atoms with Gasteiger partial charge in [0.15, 0.2) is 5.82 Å². The molecule has 7 nitrogen and oxygen atoms in total. The number of nitro benzene ring substituents is 1. The smallest absolute Gasteiger partial charge is 0.270 e. The van der Waals surface area contributed by atoms with Gasteiger partial charge in [-0.05, 0) is 46.3 Å². The van der Waals surface area contributed by atoms with Gasteiger partial charge in [0, 0.05) is 28.2 Å². The van der Waals surface area contributed by atoms with Gasteiger partial charge in [-0.3, -0.25) is 14.9 Å². The summed E-state index contributed by atoms with van der Waals surface area (Å²) in [5.74, 6) is 1.17. The second kappa shape index (κ2) is 7.65. The van der Waals surface area contributed by atoms with E-state index in [1.807, 2.05) is 0 Å². The molecule has 2 heterocycles. The van der Waals surface area contributed by atoms with Gasteiger partial charge in [-0.15, -0.1) is 0 Å². The van der Waals surface area contributed by atoms with E-state index in [9.17, 15) is 14.9 Å². The molecule has 4 rings (SSSR count). The zero-order valence-electron chi connectivity index (χ0n) is 14.6. The lowest BCUT2D eigenvalue weighted by Gasteiger charge is -2.02. The third kappa shape index (κ3) is 3.85. The van der Waals surface area contributed by atoms with Crippen LogP contribution in [0.3, 0.4) is 0 Å². The van der Waals surface area contributed by atoms with Crippen LogP contribution >= 0.6 is 27.5 Å². The van der Waals surface area contributed by atoms with Crippen molar-refractivity contribution in [3.05, 3.63) is 91.1 Å². The third-order valence-electron chi connectivity index (χ3n) is 4.16. The molecule has 0 spiro atoms. The number of nitro groups is 1. The number of furan rings is 1. The molecule has 4 aromatic rings. The molecular formula is C20H11BrClN3O4. The number of halogens is 2. The quantitative estimate of drug-likeness (QED) is 0.308. The first-order chi connectivity index (χ1) is 13.9. The van der Waals surface area contributed by atoms with Crippen LogP contribution in [-0.2, 0) is 0 Å². The highest BCUT2D eigenvalue weighted by Crippen LogP contribution is 2.33. The Morgan fingerprint density at radius 2 is 2.00 bits per heavy atom. The molecule has 1 N–H and O–H groups in total. The Balaban J connectivity index is 1.67. The van der Waals surface area contributed by atoms with Crippen molar-refractivity contribution in [1.29, 1.82) is 0 Å². The van der Waals surface area contributed by atoms with Crippen LogP contribution in [0.5, 0.6) is 0 Å². The number of para-hydroxylation sites is 1. The molecule has 0 aliphatic rings. The Morgan fingerprint density at radius 1 is 1.21 bits per heavy atom. The number of nitrogens with one attached hydrogen (secondary N) is 1. The summed E-state index contributed by atoms with van der Waals surface area (Å²) in [5, 5.41) is 11.6. The summed E-state index contributed by atoms with van der Waals surface area (Å²) < 4.78 is 6.31. The molecule has 29 heavy (non-hydrogen) atoms. The number of hydrogen-bond acceptors (Lipinski definition) is 5. The Hall–Kier alpha value is -3.23. The maximum absolute atomic E-state index is 12.2. The molecule has 0 radical (unpaired) electrons. The van der Waals surface area contributed by atoms with Crippen molar-refractivity contribution in [2.24, 2.45) is 0 Å². The van der Waals surface area contributed by atoms with Gasteiger partial charge in [-0.25, -0.2) is 4.98 Å². The second-order valence-electron chi connectivity index (χ2n) is 6.05. The number of benzene rings is 2. The van der Waals surface area contributed by atoms with E-state index < -0.39 is 4.92 Å². The van der Waals surface area contributed by atoms with Crippen LogP contribution in [0.1, 0.15) is 11.6 Å². The van der Waals surface area contributed by atoms with Gasteiger partial charge in [0.2, 0.25) is 0 Å². The van der Waals surface area contributed by atoms with E-state index in [-0.39, 0.29) is 22.1 Å². The molecular weight excluding hydrogens is 462 g/mol. The summed E-state index contributed by atoms with van der Waals surface area (Å²) in [5.41, 5.74) is 0.880. The zero-order valence-corrected chi connectivity index (χ0v) is 16.9. The van der Waals surface area contributed by atoms with Gasteiger partial charge in [0.1, 0.15) is 11.5 Å². The average molecular weight is 473 g/mol. The molecule has 0 aliphatic heterocycles. The highest BCUT2D eigenvalue weighted by molar-refractivity contribution is 9.10. The average Bonchev–Trinajstić information content (AvgIpc) is 3.15. The number of nitrogens with zero attached hydrogens (tertiary/aromatic N) is 2. The van der Waals surface area contributed by atoms with Gasteiger partial charge < -0.3 is 9.40 Å². The monoisotopic (exact) mass is 471 g/mol. The van der Waals surface area contributed by atoms with Crippen molar-refractivity contribution in [2.45, 2.75) is 0 Å². The number of rotatable bonds is 4. The Morgan fingerprint density at radius 3 is 2.76 bits per heavy atom. The van der Waals surface area contributed by atoms with Gasteiger partial charge >= 0.3 is 0 Å². The number of non-ortho nitro benzene ring substituents is 1. The molecule has 0 unspecified atom stereocenters. The van der Waals surface area contributed by atoms with Crippen LogP contribution in [0.25, 0.3) is 33.3 Å². The molecule has 144 valence electrons. The van der Waals surface area contributed by atoms with Crippen molar-refractivity contribution in [1.82, 2.24) is 9.97 Å². The van der Waals surface area contributed by atoms with E-state index in [4.69, 9.17) is 16.0 Å². The lowest BCUT2D eigenvalue weighted by molar-refractivity contribution is -0.384. The second-order valence-corrected chi connectivity index (χ2v) is 7.31. The normalized spacial score (nSPS) is 11.7. The fourth-order valence-electron chi connectivity index (χ4n) is 2.79. The number of aromatic amines is 1. The first-order valence-electron chi connectivity index (χ1n) is 8.33. The Bertz CT molecular complexity index is 1340. The molecule has 0 saturated carbocycles. The Labute approximate surface area is 176 Å². The molecule has 0 aliphatic carbocycles. The molecule has 9 heteroatoms. The minimum absolute atomic E-state index is 0.0262. The van der Waals surface area contributed by atoms with E-state index in [1.54, 1.807) is 42.5 Å². The molecule has 0 bridgehead atoms. The van der Waals surface area contributed by atoms with E-state index in [2.05, 4.69) is 25.9 Å². The highest BCUT2D eigenvalue weighted by atomic mass is 79.9. The fourth-order valence-corrected chi connectivity index (χ4v) is 3.54. The van der Waals surface area contributed by atoms with Crippen LogP contribution < -0.4 is 5.56 Å². The summed E-state index contributed by atoms with van der Waals surface area (Å²) in [4.78, 5) is 29.6. The van der Waals surface area contributed by atoms with Crippen molar-refractivity contribution in [3.63, 3.8) is 0 Å². The number of fused-ring (bicyclic) bond motifs is 1. The van der Waals surface area contributed by atoms with Gasteiger partial charge in [-0.1, -0.05) is 23.7 Å². The topological polar surface area (TPSA) is 102 Å². The lowest BCUT2D eigenvalue weighted by Crippen LogP contribution is -2.10. The Kier molecular flexibility index (Phi) is 5.04. The standard InChI is InChI=1S/C20H11BrClN3O4/c21-15-9-11(25(27)28)5-7-13(15)18-8-6-12(29-18)10-16(22)19-23-17-4-2-1-3-14(17)20(26)24-19/h1-10H,(H,23,24,26)/b16-10-. The van der Waals surface area contributed by atoms with Crippen molar-refractivity contribution >= 4 is 55.2 Å². The van der Waals surface area contributed by atoms with Gasteiger partial charge in [0.25, 0.3) is 11.2 Å². The van der Waals surface area contributed by atoms with Crippen molar-refractivity contribution in [2.75, 3.05) is 0 Å². The fraction of sp³-hybridized carbons (Fsp3) is 0. The highest BCUT2D eigenvalue weighted by Gasteiger charge is 2.13. The maximum atomic E-state index is 12.2. The summed E-state index contributed by atoms with van der Waals surface area (Å²) >= 11 is 9.66. The van der Waals surface area contributed by atoms with Crippen LogP contribution in [0.15, 0.2) is 68.3 Å². The zero-order chi connectivity index (χ0) is 20.5. The van der Waals surface area contributed by atoms with E-state index in [1.165, 1.54) is 18.2 Å². The van der Waals surface area contributed by atoms with E-state index >= 15 is 0 Å². The third-order valence-corrected chi connectivity index (χ3v) is 5.11. The summed E-state index contributed by atoms with van der Waals surface area (Å²) in [6.45, 7) is 0. The van der Waals surface area contributed by atoms with Crippen molar-refractivity contribution in [3.8, 4) is 11.3 Å². The summed E-state index contributed by atoms with van der Waals surface area (Å²) in [6, 6.07) is 14.8. The van der Waals surface area contributed by atoms with E-state index in [0.29, 0.717) is 32.5 Å². The molecule has 2 aromatic heterocycles. The van der Waals surface area contributed by atoms with E-state index in [0.717, 1.165) is 0 Å². The van der Waals surface area contributed by atoms with Crippen LogP contribution in [0.2, 0.25) is 0 Å². The number of hydrogen-bond donors (Lipinski definition) is 1. The summed E-state index contributed by atoms with van der Waals surface area (Å²) in [6.07, 6.45) is 1.54. The SMILES string of the molecule is O=c1[nH]c(/C(Cl)=C/c2ccc(-c3ccc([N+](=O)[O-])cc3Br)o2)nc2ccccc12. The largest absolute Gasteiger partial charge is 0.457 e. The van der Waals surface area contributed by atoms with Crippen LogP contribution in [-0.4, -0.2) is 14.9 Å². The minimum Gasteiger partial charge on any atom is -0.457 e. The van der Waals surface area contributed by atoms with Crippen LogP contribution in [0.4, 0.5) is 5.69 Å². The van der Waals surface area contributed by atoms with Gasteiger partial charge in [-0.2, -0.15) is 0 Å². The minimum atomic E-state index is -0.470. The van der Waals surface area contributed by atoms with Gasteiger partial charge in [0.05, 0.1) is 20.9 Å². The molecule has 0 fully saturated rings. The first-order valence-corrected chi connectivity index (χ1v) is 9.50. The molecule has 0 atom stereocenters. The lowest BCUT2D eigenvalue weighted by atomic mass is 10.1. The number of H-pyrrole nitrogens is 1. The first kappa shape index (κ1) is 19.1. The predicted octanol–water partition coefficient (Wildman–Crippen LogP) is 5.59. The molecule has 0 saturated heterocycles. The number of aromatic nitrogens is 2.